The fourth-order valence-corrected chi connectivity index (χ4v) is 1.68. The van der Waals surface area contributed by atoms with Crippen LogP contribution in [0.1, 0.15) is 25.8 Å². The lowest BCUT2D eigenvalue weighted by Gasteiger charge is -2.10. The molecule has 2 N–H and O–H groups in total. The second kappa shape index (κ2) is 7.47. The van der Waals surface area contributed by atoms with Gasteiger partial charge in [-0.15, -0.1) is 0 Å². The van der Waals surface area contributed by atoms with E-state index < -0.39 is 4.92 Å². The van der Waals surface area contributed by atoms with E-state index in [0.717, 1.165) is 11.3 Å². The van der Waals surface area contributed by atoms with Crippen LogP contribution < -0.4 is 10.6 Å². The van der Waals surface area contributed by atoms with Gasteiger partial charge in [0.25, 0.3) is 5.69 Å². The van der Waals surface area contributed by atoms with Crippen LogP contribution in [0.15, 0.2) is 18.2 Å². The van der Waals surface area contributed by atoms with E-state index >= 15 is 0 Å². The van der Waals surface area contributed by atoms with Gasteiger partial charge in [-0.05, 0) is 24.5 Å². The minimum atomic E-state index is -0.420. The van der Waals surface area contributed by atoms with Crippen molar-refractivity contribution in [3.8, 4) is 0 Å². The smallest absolute Gasteiger partial charge is 0.269 e. The maximum atomic E-state index is 11.5. The molecule has 0 radical (unpaired) electrons. The van der Waals surface area contributed by atoms with Crippen LogP contribution in [0.5, 0.6) is 0 Å². The van der Waals surface area contributed by atoms with Crippen molar-refractivity contribution in [2.75, 3.05) is 18.4 Å². The van der Waals surface area contributed by atoms with Crippen molar-refractivity contribution in [1.29, 1.82) is 0 Å². The van der Waals surface area contributed by atoms with Gasteiger partial charge in [0.05, 0.1) is 4.92 Å². The zero-order valence-electron chi connectivity index (χ0n) is 12.1. The van der Waals surface area contributed by atoms with E-state index in [2.05, 4.69) is 10.6 Å². The summed E-state index contributed by atoms with van der Waals surface area (Å²) >= 11 is 0. The number of nitrogens with zero attached hydrogens (tertiary/aromatic N) is 1. The van der Waals surface area contributed by atoms with Crippen LogP contribution in [0.3, 0.4) is 0 Å². The Labute approximate surface area is 118 Å². The van der Waals surface area contributed by atoms with Crippen LogP contribution in [0.25, 0.3) is 0 Å². The minimum Gasteiger partial charge on any atom is -0.384 e. The molecule has 1 amide bonds. The molecule has 0 aliphatic carbocycles. The molecule has 1 rings (SSSR count). The van der Waals surface area contributed by atoms with E-state index in [1.165, 1.54) is 12.1 Å². The number of nitro benzene ring substituents is 1. The van der Waals surface area contributed by atoms with Crippen molar-refractivity contribution in [3.63, 3.8) is 0 Å². The molecule has 0 saturated heterocycles. The van der Waals surface area contributed by atoms with E-state index in [1.54, 1.807) is 13.0 Å². The summed E-state index contributed by atoms with van der Waals surface area (Å²) < 4.78 is 0. The molecule has 0 aliphatic rings. The molecule has 1 aromatic carbocycles. The number of aryl methyl sites for hydroxylation is 1. The molecule has 0 fully saturated rings. The number of non-ortho nitro benzene ring substituents is 1. The molecular weight excluding hydrogens is 258 g/mol. The Balaban J connectivity index is 2.42. The Hall–Kier alpha value is -2.11. The molecule has 1 aromatic rings. The summed E-state index contributed by atoms with van der Waals surface area (Å²) in [5, 5.41) is 16.6. The molecule has 6 heteroatoms. The summed E-state index contributed by atoms with van der Waals surface area (Å²) in [6.07, 6.45) is 0.378. The van der Waals surface area contributed by atoms with Gasteiger partial charge in [0, 0.05) is 37.3 Å². The lowest BCUT2D eigenvalue weighted by atomic mass is 10.1. The number of hydrogen-bond donors (Lipinski definition) is 2. The normalized spacial score (nSPS) is 10.4. The van der Waals surface area contributed by atoms with Gasteiger partial charge in [0.15, 0.2) is 0 Å². The van der Waals surface area contributed by atoms with Gasteiger partial charge >= 0.3 is 0 Å². The van der Waals surface area contributed by atoms with Gasteiger partial charge in [-0.1, -0.05) is 13.8 Å². The topological polar surface area (TPSA) is 84.3 Å². The average molecular weight is 279 g/mol. The van der Waals surface area contributed by atoms with Gasteiger partial charge in [-0.2, -0.15) is 0 Å². The van der Waals surface area contributed by atoms with Gasteiger partial charge in [-0.3, -0.25) is 14.9 Å². The molecule has 0 saturated carbocycles. The summed E-state index contributed by atoms with van der Waals surface area (Å²) in [7, 11) is 0. The number of hydrogen-bond acceptors (Lipinski definition) is 4. The number of carbonyl (C=O) groups excluding carboxylic acids is 1. The van der Waals surface area contributed by atoms with Crippen molar-refractivity contribution in [3.05, 3.63) is 33.9 Å². The third-order valence-corrected chi connectivity index (χ3v) is 2.80. The summed E-state index contributed by atoms with van der Waals surface area (Å²) in [6.45, 7) is 7.06. The number of nitrogens with one attached hydrogen (secondary N) is 2. The molecule has 0 aliphatic heterocycles. The van der Waals surface area contributed by atoms with Gasteiger partial charge < -0.3 is 10.6 Å². The maximum Gasteiger partial charge on any atom is 0.269 e. The second-order valence-corrected chi connectivity index (χ2v) is 5.13. The Bertz CT molecular complexity index is 487. The zero-order valence-corrected chi connectivity index (χ0v) is 12.1. The van der Waals surface area contributed by atoms with Crippen molar-refractivity contribution in [2.45, 2.75) is 27.2 Å². The predicted octanol–water partition coefficient (Wildman–Crippen LogP) is 2.48. The van der Waals surface area contributed by atoms with Gasteiger partial charge in [-0.25, -0.2) is 0 Å². The Kier molecular flexibility index (Phi) is 5.96. The summed E-state index contributed by atoms with van der Waals surface area (Å²) in [5.74, 6) is 0.439. The zero-order chi connectivity index (χ0) is 15.1. The quantitative estimate of drug-likeness (QED) is 0.593. The molecule has 20 heavy (non-hydrogen) atoms. The average Bonchev–Trinajstić information content (AvgIpc) is 2.38. The Morgan fingerprint density at radius 2 is 2.10 bits per heavy atom. The maximum absolute atomic E-state index is 11.5. The number of carbonyl (C=O) groups is 1. The molecule has 6 nitrogen and oxygen atoms in total. The van der Waals surface area contributed by atoms with E-state index in [1.807, 2.05) is 13.8 Å². The van der Waals surface area contributed by atoms with Crippen LogP contribution in [0.4, 0.5) is 11.4 Å². The Morgan fingerprint density at radius 3 is 2.65 bits per heavy atom. The van der Waals surface area contributed by atoms with Crippen LogP contribution in [-0.2, 0) is 4.79 Å². The van der Waals surface area contributed by atoms with E-state index in [4.69, 9.17) is 0 Å². The first kappa shape index (κ1) is 15.9. The third-order valence-electron chi connectivity index (χ3n) is 2.80. The highest BCUT2D eigenvalue weighted by Crippen LogP contribution is 2.20. The SMILES string of the molecule is Cc1cc([N+](=O)[O-])ccc1NCCC(=O)NCC(C)C. The van der Waals surface area contributed by atoms with E-state index in [9.17, 15) is 14.9 Å². The van der Waals surface area contributed by atoms with Crippen molar-refractivity contribution >= 4 is 17.3 Å². The predicted molar refractivity (Wildman–Crippen MR) is 78.8 cm³/mol. The fraction of sp³-hybridized carbons (Fsp3) is 0.500. The lowest BCUT2D eigenvalue weighted by Crippen LogP contribution is -2.28. The largest absolute Gasteiger partial charge is 0.384 e. The van der Waals surface area contributed by atoms with Crippen LogP contribution in [0, 0.1) is 23.0 Å². The fourth-order valence-electron chi connectivity index (χ4n) is 1.68. The van der Waals surface area contributed by atoms with Crippen molar-refractivity contribution in [2.24, 2.45) is 5.92 Å². The molecule has 0 bridgehead atoms. The molecule has 0 spiro atoms. The monoisotopic (exact) mass is 279 g/mol. The first-order chi connectivity index (χ1) is 9.40. The molecular formula is C14H21N3O3. The van der Waals surface area contributed by atoms with Crippen molar-refractivity contribution < 1.29 is 9.72 Å². The summed E-state index contributed by atoms with van der Waals surface area (Å²) in [6, 6.07) is 4.63. The standard InChI is InChI=1S/C14H21N3O3/c1-10(2)9-16-14(18)6-7-15-13-5-4-12(17(19)20)8-11(13)3/h4-5,8,10,15H,6-7,9H2,1-3H3,(H,16,18). The number of benzene rings is 1. The first-order valence-electron chi connectivity index (χ1n) is 6.65. The highest BCUT2D eigenvalue weighted by molar-refractivity contribution is 5.76. The van der Waals surface area contributed by atoms with Gasteiger partial charge in [0.1, 0.15) is 0 Å². The highest BCUT2D eigenvalue weighted by atomic mass is 16.6. The summed E-state index contributed by atoms with van der Waals surface area (Å²) in [5.41, 5.74) is 1.68. The lowest BCUT2D eigenvalue weighted by molar-refractivity contribution is -0.384. The molecule has 0 atom stereocenters. The van der Waals surface area contributed by atoms with Crippen molar-refractivity contribution in [1.82, 2.24) is 5.32 Å². The first-order valence-corrected chi connectivity index (χ1v) is 6.65. The molecule has 0 unspecified atom stereocenters. The van der Waals surface area contributed by atoms with E-state index in [-0.39, 0.29) is 11.6 Å². The summed E-state index contributed by atoms with van der Waals surface area (Å²) in [4.78, 5) is 21.7. The molecule has 0 heterocycles. The number of rotatable bonds is 7. The van der Waals surface area contributed by atoms with Crippen LogP contribution in [-0.4, -0.2) is 23.9 Å². The number of amides is 1. The Morgan fingerprint density at radius 1 is 1.40 bits per heavy atom. The molecule has 110 valence electrons. The number of nitro groups is 1. The van der Waals surface area contributed by atoms with E-state index in [0.29, 0.717) is 25.4 Å². The third kappa shape index (κ3) is 5.26. The van der Waals surface area contributed by atoms with Crippen LogP contribution >= 0.6 is 0 Å². The molecule has 0 aromatic heterocycles. The van der Waals surface area contributed by atoms with Crippen LogP contribution in [0.2, 0.25) is 0 Å². The number of anilines is 1. The second-order valence-electron chi connectivity index (χ2n) is 5.13. The van der Waals surface area contributed by atoms with Gasteiger partial charge in [0.2, 0.25) is 5.91 Å². The highest BCUT2D eigenvalue weighted by Gasteiger charge is 2.08. The minimum absolute atomic E-state index is 0.00534.